The first kappa shape index (κ1) is 11.4. The number of hydrogen-bond acceptors (Lipinski definition) is 1. The molecule has 16 heavy (non-hydrogen) atoms. The van der Waals surface area contributed by atoms with Crippen LogP contribution in [0.15, 0.2) is 36.9 Å². The molecular formula is C15H21N. The van der Waals surface area contributed by atoms with Crippen LogP contribution in [0.2, 0.25) is 0 Å². The van der Waals surface area contributed by atoms with Crippen molar-refractivity contribution in [2.45, 2.75) is 25.7 Å². The van der Waals surface area contributed by atoms with Crippen molar-refractivity contribution in [1.82, 2.24) is 4.90 Å². The van der Waals surface area contributed by atoms with Crippen LogP contribution in [0.4, 0.5) is 0 Å². The summed E-state index contributed by atoms with van der Waals surface area (Å²) in [4.78, 5) is 2.48. The standard InChI is InChI=1S/C15H21N/c1-3-10-16-11-8-15(9-12-16)14-6-4-13(2)5-7-14/h3-7,15H,1,8-12H2,2H3. The van der Waals surface area contributed by atoms with Crippen molar-refractivity contribution < 1.29 is 0 Å². The maximum atomic E-state index is 3.80. The molecule has 1 aliphatic rings. The van der Waals surface area contributed by atoms with Gasteiger partial charge in [0.15, 0.2) is 0 Å². The van der Waals surface area contributed by atoms with E-state index in [0.29, 0.717) is 0 Å². The normalized spacial score (nSPS) is 18.6. The highest BCUT2D eigenvalue weighted by Crippen LogP contribution is 2.27. The Balaban J connectivity index is 1.93. The van der Waals surface area contributed by atoms with E-state index in [0.717, 1.165) is 12.5 Å². The highest BCUT2D eigenvalue weighted by Gasteiger charge is 2.19. The molecule has 0 saturated carbocycles. The maximum Gasteiger partial charge on any atom is 0.0160 e. The summed E-state index contributed by atoms with van der Waals surface area (Å²) >= 11 is 0. The highest BCUT2D eigenvalue weighted by molar-refractivity contribution is 5.24. The Morgan fingerprint density at radius 3 is 2.44 bits per heavy atom. The highest BCUT2D eigenvalue weighted by atomic mass is 15.1. The molecular weight excluding hydrogens is 194 g/mol. The Morgan fingerprint density at radius 1 is 1.25 bits per heavy atom. The van der Waals surface area contributed by atoms with Crippen LogP contribution in [0.5, 0.6) is 0 Å². The molecule has 1 fully saturated rings. The van der Waals surface area contributed by atoms with Crippen molar-refractivity contribution in [3.8, 4) is 0 Å². The molecule has 1 aromatic carbocycles. The maximum absolute atomic E-state index is 3.80. The van der Waals surface area contributed by atoms with E-state index in [9.17, 15) is 0 Å². The van der Waals surface area contributed by atoms with Gasteiger partial charge < -0.3 is 0 Å². The second kappa shape index (κ2) is 5.31. The third-order valence-corrected chi connectivity index (χ3v) is 3.52. The van der Waals surface area contributed by atoms with Crippen LogP contribution >= 0.6 is 0 Å². The molecule has 86 valence electrons. The van der Waals surface area contributed by atoms with Crippen molar-refractivity contribution in [3.05, 3.63) is 48.0 Å². The van der Waals surface area contributed by atoms with E-state index in [1.807, 2.05) is 6.08 Å². The van der Waals surface area contributed by atoms with Gasteiger partial charge in [-0.1, -0.05) is 35.9 Å². The van der Waals surface area contributed by atoms with Crippen LogP contribution in [0.3, 0.4) is 0 Å². The summed E-state index contributed by atoms with van der Waals surface area (Å²) in [5.74, 6) is 0.765. The number of aryl methyl sites for hydroxylation is 1. The Kier molecular flexibility index (Phi) is 3.79. The molecule has 0 spiro atoms. The summed E-state index contributed by atoms with van der Waals surface area (Å²) in [5.41, 5.74) is 2.87. The lowest BCUT2D eigenvalue weighted by molar-refractivity contribution is 0.232. The van der Waals surface area contributed by atoms with Crippen LogP contribution in [-0.2, 0) is 0 Å². The number of piperidine rings is 1. The average molecular weight is 215 g/mol. The van der Waals surface area contributed by atoms with E-state index in [2.05, 4.69) is 42.7 Å². The fourth-order valence-corrected chi connectivity index (χ4v) is 2.47. The van der Waals surface area contributed by atoms with E-state index in [-0.39, 0.29) is 0 Å². The first-order chi connectivity index (χ1) is 7.79. The van der Waals surface area contributed by atoms with Crippen LogP contribution in [0.1, 0.15) is 29.9 Å². The van der Waals surface area contributed by atoms with Gasteiger partial charge in [-0.2, -0.15) is 0 Å². The zero-order valence-electron chi connectivity index (χ0n) is 10.2. The zero-order chi connectivity index (χ0) is 11.4. The number of benzene rings is 1. The zero-order valence-corrected chi connectivity index (χ0v) is 10.2. The minimum atomic E-state index is 0.765. The van der Waals surface area contributed by atoms with Gasteiger partial charge in [-0.25, -0.2) is 0 Å². The Hall–Kier alpha value is -1.08. The van der Waals surface area contributed by atoms with Crippen molar-refractivity contribution in [3.63, 3.8) is 0 Å². The minimum absolute atomic E-state index is 0.765. The second-order valence-corrected chi connectivity index (χ2v) is 4.77. The topological polar surface area (TPSA) is 3.24 Å². The monoisotopic (exact) mass is 215 g/mol. The van der Waals surface area contributed by atoms with E-state index < -0.39 is 0 Å². The van der Waals surface area contributed by atoms with Gasteiger partial charge in [0, 0.05) is 6.54 Å². The lowest BCUT2D eigenvalue weighted by atomic mass is 9.89. The molecule has 0 amide bonds. The third-order valence-electron chi connectivity index (χ3n) is 3.52. The van der Waals surface area contributed by atoms with Gasteiger partial charge >= 0.3 is 0 Å². The van der Waals surface area contributed by atoms with E-state index in [4.69, 9.17) is 0 Å². The predicted octanol–water partition coefficient (Wildman–Crippen LogP) is 3.36. The molecule has 0 unspecified atom stereocenters. The molecule has 2 rings (SSSR count). The Morgan fingerprint density at radius 2 is 1.88 bits per heavy atom. The van der Waals surface area contributed by atoms with E-state index >= 15 is 0 Å². The number of hydrogen-bond donors (Lipinski definition) is 0. The first-order valence-corrected chi connectivity index (χ1v) is 6.19. The number of likely N-dealkylation sites (tertiary alicyclic amines) is 1. The van der Waals surface area contributed by atoms with Crippen LogP contribution in [0.25, 0.3) is 0 Å². The summed E-state index contributed by atoms with van der Waals surface area (Å²) in [7, 11) is 0. The Labute approximate surface area is 98.8 Å². The molecule has 0 bridgehead atoms. The Bertz CT molecular complexity index is 331. The van der Waals surface area contributed by atoms with Gasteiger partial charge in [-0.05, 0) is 44.3 Å². The average Bonchev–Trinajstić information content (AvgIpc) is 2.32. The molecule has 0 radical (unpaired) electrons. The first-order valence-electron chi connectivity index (χ1n) is 6.19. The summed E-state index contributed by atoms with van der Waals surface area (Å²) in [6.45, 7) is 9.42. The fraction of sp³-hybridized carbons (Fsp3) is 0.467. The quantitative estimate of drug-likeness (QED) is 0.699. The summed E-state index contributed by atoms with van der Waals surface area (Å²) in [6, 6.07) is 9.04. The molecule has 1 aliphatic heterocycles. The van der Waals surface area contributed by atoms with Crippen molar-refractivity contribution >= 4 is 0 Å². The molecule has 1 aromatic rings. The molecule has 1 saturated heterocycles. The number of nitrogens with zero attached hydrogens (tertiary/aromatic N) is 1. The van der Waals surface area contributed by atoms with Gasteiger partial charge in [0.05, 0.1) is 0 Å². The van der Waals surface area contributed by atoms with Gasteiger partial charge in [0.2, 0.25) is 0 Å². The van der Waals surface area contributed by atoms with Crippen LogP contribution < -0.4 is 0 Å². The molecule has 0 atom stereocenters. The summed E-state index contributed by atoms with van der Waals surface area (Å²) in [5, 5.41) is 0. The van der Waals surface area contributed by atoms with Crippen molar-refractivity contribution in [2.75, 3.05) is 19.6 Å². The van der Waals surface area contributed by atoms with Gasteiger partial charge in [-0.3, -0.25) is 4.90 Å². The molecule has 0 aromatic heterocycles. The van der Waals surface area contributed by atoms with Crippen molar-refractivity contribution in [2.24, 2.45) is 0 Å². The fourth-order valence-electron chi connectivity index (χ4n) is 2.47. The third kappa shape index (κ3) is 2.73. The number of rotatable bonds is 3. The van der Waals surface area contributed by atoms with Gasteiger partial charge in [0.25, 0.3) is 0 Å². The smallest absolute Gasteiger partial charge is 0.0160 e. The molecule has 1 nitrogen and oxygen atoms in total. The minimum Gasteiger partial charge on any atom is -0.300 e. The van der Waals surface area contributed by atoms with Gasteiger partial charge in [-0.15, -0.1) is 6.58 Å². The van der Waals surface area contributed by atoms with E-state index in [1.54, 1.807) is 0 Å². The molecule has 1 heterocycles. The lowest BCUT2D eigenvalue weighted by Crippen LogP contribution is -2.32. The lowest BCUT2D eigenvalue weighted by Gasteiger charge is -2.31. The SMILES string of the molecule is C=CCN1CCC(c2ccc(C)cc2)CC1. The van der Waals surface area contributed by atoms with Crippen LogP contribution in [-0.4, -0.2) is 24.5 Å². The second-order valence-electron chi connectivity index (χ2n) is 4.77. The molecule has 0 N–H and O–H groups in total. The molecule has 1 heteroatoms. The van der Waals surface area contributed by atoms with E-state index in [1.165, 1.54) is 37.1 Å². The summed E-state index contributed by atoms with van der Waals surface area (Å²) in [6.07, 6.45) is 4.58. The van der Waals surface area contributed by atoms with Gasteiger partial charge in [0.1, 0.15) is 0 Å². The summed E-state index contributed by atoms with van der Waals surface area (Å²) < 4.78 is 0. The predicted molar refractivity (Wildman–Crippen MR) is 69.8 cm³/mol. The largest absolute Gasteiger partial charge is 0.300 e. The van der Waals surface area contributed by atoms with Crippen LogP contribution in [0, 0.1) is 6.92 Å². The van der Waals surface area contributed by atoms with Crippen molar-refractivity contribution in [1.29, 1.82) is 0 Å². The molecule has 0 aliphatic carbocycles.